The van der Waals surface area contributed by atoms with E-state index in [2.05, 4.69) is 9.97 Å². The lowest BCUT2D eigenvalue weighted by molar-refractivity contribution is -0.00765. The lowest BCUT2D eigenvalue weighted by atomic mass is 9.48. The Labute approximate surface area is 111 Å². The van der Waals surface area contributed by atoms with Crippen molar-refractivity contribution in [1.82, 2.24) is 9.97 Å². The molecule has 4 aliphatic carbocycles. The first kappa shape index (κ1) is 11.3. The maximum Gasteiger partial charge on any atom is 0.356 e. The molecular formula is C14H19N3O2. The van der Waals surface area contributed by atoms with Crippen LogP contribution in [-0.4, -0.2) is 21.0 Å². The SMILES string of the molecule is Nc1nc(C(=O)O)c(C23CC4CC(CC(C4)C2)C3)[nH]1. The van der Waals surface area contributed by atoms with Gasteiger partial charge in [-0.15, -0.1) is 0 Å². The van der Waals surface area contributed by atoms with Crippen LogP contribution in [0.2, 0.25) is 0 Å². The van der Waals surface area contributed by atoms with Crippen LogP contribution in [0.15, 0.2) is 0 Å². The van der Waals surface area contributed by atoms with Crippen molar-refractivity contribution < 1.29 is 9.90 Å². The molecular weight excluding hydrogens is 242 g/mol. The van der Waals surface area contributed by atoms with Crippen LogP contribution >= 0.6 is 0 Å². The van der Waals surface area contributed by atoms with Gasteiger partial charge in [0, 0.05) is 5.41 Å². The molecule has 19 heavy (non-hydrogen) atoms. The molecule has 5 heteroatoms. The van der Waals surface area contributed by atoms with E-state index in [1.165, 1.54) is 19.3 Å². The summed E-state index contributed by atoms with van der Waals surface area (Å²) in [4.78, 5) is 18.4. The zero-order valence-corrected chi connectivity index (χ0v) is 10.9. The minimum absolute atomic E-state index is 0.00704. The Hall–Kier alpha value is -1.52. The minimum atomic E-state index is -0.960. The van der Waals surface area contributed by atoms with E-state index in [4.69, 9.17) is 5.73 Å². The molecule has 1 heterocycles. The first-order valence-corrected chi connectivity index (χ1v) is 7.15. The summed E-state index contributed by atoms with van der Waals surface area (Å²) >= 11 is 0. The summed E-state index contributed by atoms with van der Waals surface area (Å²) in [5.74, 6) is 1.61. The number of aromatic nitrogens is 2. The highest BCUT2D eigenvalue weighted by Crippen LogP contribution is 2.60. The fraction of sp³-hybridized carbons (Fsp3) is 0.714. The number of rotatable bonds is 2. The number of imidazole rings is 1. The van der Waals surface area contributed by atoms with E-state index in [1.54, 1.807) is 0 Å². The zero-order valence-electron chi connectivity index (χ0n) is 10.9. The molecule has 1 aromatic rings. The van der Waals surface area contributed by atoms with Crippen molar-refractivity contribution >= 4 is 11.9 Å². The van der Waals surface area contributed by atoms with E-state index >= 15 is 0 Å². The van der Waals surface area contributed by atoms with Crippen LogP contribution in [0.5, 0.6) is 0 Å². The summed E-state index contributed by atoms with van der Waals surface area (Å²) in [6, 6.07) is 0. The number of nitrogens with zero attached hydrogens (tertiary/aromatic N) is 1. The summed E-state index contributed by atoms with van der Waals surface area (Å²) in [5.41, 5.74) is 6.67. The Kier molecular flexibility index (Phi) is 2.10. The van der Waals surface area contributed by atoms with Crippen LogP contribution in [0.1, 0.15) is 54.7 Å². The molecule has 0 unspecified atom stereocenters. The molecule has 0 radical (unpaired) electrons. The van der Waals surface area contributed by atoms with Crippen molar-refractivity contribution in [1.29, 1.82) is 0 Å². The maximum absolute atomic E-state index is 11.4. The number of H-pyrrole nitrogens is 1. The van der Waals surface area contributed by atoms with Crippen molar-refractivity contribution in [2.45, 2.75) is 43.9 Å². The topological polar surface area (TPSA) is 92.0 Å². The second-order valence-corrected chi connectivity index (χ2v) is 6.85. The zero-order chi connectivity index (χ0) is 13.2. The van der Waals surface area contributed by atoms with E-state index in [9.17, 15) is 9.90 Å². The first-order valence-electron chi connectivity index (χ1n) is 7.15. The van der Waals surface area contributed by atoms with E-state index in [-0.39, 0.29) is 17.1 Å². The fourth-order valence-corrected chi connectivity index (χ4v) is 5.35. The van der Waals surface area contributed by atoms with Gasteiger partial charge in [-0.3, -0.25) is 0 Å². The van der Waals surface area contributed by atoms with Gasteiger partial charge in [0.2, 0.25) is 0 Å². The molecule has 1 aromatic heterocycles. The quantitative estimate of drug-likeness (QED) is 0.760. The number of aromatic carboxylic acids is 1. The van der Waals surface area contributed by atoms with Gasteiger partial charge in [0.25, 0.3) is 0 Å². The third kappa shape index (κ3) is 1.53. The van der Waals surface area contributed by atoms with Gasteiger partial charge in [0.1, 0.15) is 0 Å². The molecule has 0 atom stereocenters. The number of hydrogen-bond donors (Lipinski definition) is 3. The van der Waals surface area contributed by atoms with Crippen LogP contribution < -0.4 is 5.73 Å². The summed E-state index contributed by atoms with van der Waals surface area (Å²) in [6.07, 6.45) is 7.35. The number of nitrogens with one attached hydrogen (secondary N) is 1. The molecule has 4 bridgehead atoms. The number of anilines is 1. The van der Waals surface area contributed by atoms with Gasteiger partial charge >= 0.3 is 5.97 Å². The Morgan fingerprint density at radius 2 is 1.74 bits per heavy atom. The Morgan fingerprint density at radius 1 is 1.21 bits per heavy atom. The average molecular weight is 261 g/mol. The summed E-state index contributed by atoms with van der Waals surface area (Å²) in [7, 11) is 0. The van der Waals surface area contributed by atoms with Gasteiger partial charge in [-0.1, -0.05) is 0 Å². The molecule has 5 rings (SSSR count). The number of aromatic amines is 1. The Bertz CT molecular complexity index is 514. The standard InChI is InChI=1S/C14H19N3O2/c15-13-16-10(12(18)19)11(17-13)14-4-7-1-8(5-14)3-9(2-7)6-14/h7-9H,1-6H2,(H,18,19)(H3,15,16,17). The van der Waals surface area contributed by atoms with Crippen molar-refractivity contribution in [3.05, 3.63) is 11.4 Å². The number of carboxylic acids is 1. The van der Waals surface area contributed by atoms with Crippen LogP contribution in [0.3, 0.4) is 0 Å². The van der Waals surface area contributed by atoms with Gasteiger partial charge in [0.15, 0.2) is 11.6 Å². The van der Waals surface area contributed by atoms with Crippen LogP contribution in [0.25, 0.3) is 0 Å². The number of nitrogens with two attached hydrogens (primary N) is 1. The van der Waals surface area contributed by atoms with Crippen molar-refractivity contribution in [2.75, 3.05) is 5.73 Å². The highest BCUT2D eigenvalue weighted by molar-refractivity contribution is 5.87. The van der Waals surface area contributed by atoms with Gasteiger partial charge in [-0.25, -0.2) is 9.78 Å². The van der Waals surface area contributed by atoms with Gasteiger partial charge in [0.05, 0.1) is 5.69 Å². The molecule has 0 aromatic carbocycles. The van der Waals surface area contributed by atoms with Gasteiger partial charge in [-0.2, -0.15) is 0 Å². The smallest absolute Gasteiger partial charge is 0.356 e. The molecule has 4 fully saturated rings. The fourth-order valence-electron chi connectivity index (χ4n) is 5.35. The van der Waals surface area contributed by atoms with Crippen molar-refractivity contribution in [3.63, 3.8) is 0 Å². The number of nitrogen functional groups attached to an aromatic ring is 1. The summed E-state index contributed by atoms with van der Waals surface area (Å²) < 4.78 is 0. The normalized spacial score (nSPS) is 39.7. The molecule has 0 amide bonds. The lowest BCUT2D eigenvalue weighted by Crippen LogP contribution is -2.49. The van der Waals surface area contributed by atoms with Crippen molar-refractivity contribution in [2.24, 2.45) is 17.8 Å². The molecule has 0 saturated heterocycles. The highest BCUT2D eigenvalue weighted by atomic mass is 16.4. The minimum Gasteiger partial charge on any atom is -0.476 e. The molecule has 0 spiro atoms. The highest BCUT2D eigenvalue weighted by Gasteiger charge is 2.53. The molecule has 4 aliphatic rings. The van der Waals surface area contributed by atoms with E-state index in [1.807, 2.05) is 0 Å². The van der Waals surface area contributed by atoms with Crippen LogP contribution in [0.4, 0.5) is 5.95 Å². The Morgan fingerprint density at radius 3 is 2.21 bits per heavy atom. The number of carboxylic acid groups (broad SMARTS) is 1. The maximum atomic E-state index is 11.4. The molecule has 0 aliphatic heterocycles. The first-order chi connectivity index (χ1) is 9.06. The van der Waals surface area contributed by atoms with Gasteiger partial charge < -0.3 is 15.8 Å². The summed E-state index contributed by atoms with van der Waals surface area (Å²) in [6.45, 7) is 0. The van der Waals surface area contributed by atoms with E-state index in [0.29, 0.717) is 0 Å². The molecule has 4 saturated carbocycles. The predicted octanol–water partition coefficient (Wildman–Crippen LogP) is 2.16. The Balaban J connectivity index is 1.81. The van der Waals surface area contributed by atoms with Crippen molar-refractivity contribution in [3.8, 4) is 0 Å². The second-order valence-electron chi connectivity index (χ2n) is 6.85. The monoisotopic (exact) mass is 261 g/mol. The lowest BCUT2D eigenvalue weighted by Gasteiger charge is -2.56. The van der Waals surface area contributed by atoms with Crippen LogP contribution in [0, 0.1) is 17.8 Å². The predicted molar refractivity (Wildman–Crippen MR) is 69.8 cm³/mol. The third-order valence-electron chi connectivity index (χ3n) is 5.49. The van der Waals surface area contributed by atoms with E-state index < -0.39 is 5.97 Å². The molecule has 5 nitrogen and oxygen atoms in total. The summed E-state index contributed by atoms with van der Waals surface area (Å²) in [5, 5.41) is 9.34. The average Bonchev–Trinajstić information content (AvgIpc) is 2.70. The second kappa shape index (κ2) is 3.52. The number of carbonyl (C=O) groups is 1. The molecule has 102 valence electrons. The largest absolute Gasteiger partial charge is 0.476 e. The van der Waals surface area contributed by atoms with Crippen LogP contribution in [-0.2, 0) is 5.41 Å². The molecule has 4 N–H and O–H groups in total. The van der Waals surface area contributed by atoms with E-state index in [0.717, 1.165) is 42.7 Å². The number of hydrogen-bond acceptors (Lipinski definition) is 3. The third-order valence-corrected chi connectivity index (χ3v) is 5.49. The van der Waals surface area contributed by atoms with Gasteiger partial charge in [-0.05, 0) is 56.3 Å².